The summed E-state index contributed by atoms with van der Waals surface area (Å²) in [5.41, 5.74) is 1.16. The number of methoxy groups -OCH3 is 1. The van der Waals surface area contributed by atoms with Gasteiger partial charge in [0.2, 0.25) is 0 Å². The minimum absolute atomic E-state index is 0.107. The maximum Gasteiger partial charge on any atom is 0.0637 e. The molecule has 1 aromatic carbocycles. The van der Waals surface area contributed by atoms with Crippen molar-refractivity contribution in [2.45, 2.75) is 51.7 Å². The Hall–Kier alpha value is -0.570. The van der Waals surface area contributed by atoms with Gasteiger partial charge in [-0.2, -0.15) is 0 Å². The van der Waals surface area contributed by atoms with Gasteiger partial charge in [0.05, 0.1) is 5.60 Å². The normalized spacial score (nSPS) is 13.5. The molecule has 0 fully saturated rings. The van der Waals surface area contributed by atoms with Crippen LogP contribution in [-0.2, 0) is 11.2 Å². The lowest BCUT2D eigenvalue weighted by Gasteiger charge is -2.29. The molecule has 0 aliphatic carbocycles. The molecule has 1 unspecified atom stereocenters. The van der Waals surface area contributed by atoms with Crippen LogP contribution in [-0.4, -0.2) is 25.3 Å². The Morgan fingerprint density at radius 3 is 2.68 bits per heavy atom. The second kappa shape index (κ2) is 7.88. The summed E-state index contributed by atoms with van der Waals surface area (Å²) >= 11 is 6.05. The molecule has 3 heteroatoms. The Morgan fingerprint density at radius 1 is 1.37 bits per heavy atom. The summed E-state index contributed by atoms with van der Waals surface area (Å²) in [5.74, 6) is 0. The minimum Gasteiger partial charge on any atom is -0.379 e. The number of hydrogen-bond acceptors (Lipinski definition) is 2. The van der Waals surface area contributed by atoms with E-state index in [2.05, 4.69) is 32.2 Å². The molecule has 108 valence electrons. The lowest BCUT2D eigenvalue weighted by molar-refractivity contribution is 0.00714. The van der Waals surface area contributed by atoms with E-state index in [0.717, 1.165) is 30.8 Å². The SMILES string of the molecule is CCCNC(Cc1cccc(Cl)c1)CC(C)(C)OC. The molecule has 0 saturated heterocycles. The molecule has 0 radical (unpaired) electrons. The molecule has 0 aliphatic heterocycles. The highest BCUT2D eigenvalue weighted by Crippen LogP contribution is 2.19. The zero-order valence-electron chi connectivity index (χ0n) is 12.5. The van der Waals surface area contributed by atoms with Gasteiger partial charge in [-0.1, -0.05) is 30.7 Å². The fourth-order valence-corrected chi connectivity index (χ4v) is 2.40. The zero-order chi connectivity index (χ0) is 14.3. The highest BCUT2D eigenvalue weighted by molar-refractivity contribution is 6.30. The largest absolute Gasteiger partial charge is 0.379 e. The summed E-state index contributed by atoms with van der Waals surface area (Å²) in [4.78, 5) is 0. The van der Waals surface area contributed by atoms with E-state index in [1.165, 1.54) is 5.56 Å². The van der Waals surface area contributed by atoms with E-state index in [1.54, 1.807) is 7.11 Å². The Kier molecular flexibility index (Phi) is 6.84. The topological polar surface area (TPSA) is 21.3 Å². The summed E-state index contributed by atoms with van der Waals surface area (Å²) in [6, 6.07) is 8.51. The Morgan fingerprint density at radius 2 is 2.11 bits per heavy atom. The molecule has 0 aromatic heterocycles. The van der Waals surface area contributed by atoms with E-state index in [9.17, 15) is 0 Å². The average molecular weight is 284 g/mol. The molecule has 1 N–H and O–H groups in total. The van der Waals surface area contributed by atoms with E-state index in [4.69, 9.17) is 16.3 Å². The van der Waals surface area contributed by atoms with Crippen LogP contribution >= 0.6 is 11.6 Å². The van der Waals surface area contributed by atoms with Gasteiger partial charge < -0.3 is 10.1 Å². The molecule has 0 heterocycles. The summed E-state index contributed by atoms with van der Waals surface area (Å²) in [5, 5.41) is 4.41. The third-order valence-corrected chi connectivity index (χ3v) is 3.58. The smallest absolute Gasteiger partial charge is 0.0637 e. The lowest BCUT2D eigenvalue weighted by Crippen LogP contribution is -2.39. The molecular formula is C16H26ClNO. The molecule has 0 bridgehead atoms. The summed E-state index contributed by atoms with van der Waals surface area (Å²) in [6.45, 7) is 7.48. The summed E-state index contributed by atoms with van der Waals surface area (Å²) in [6.07, 6.45) is 3.10. The van der Waals surface area contributed by atoms with Crippen LogP contribution in [0.1, 0.15) is 39.2 Å². The van der Waals surface area contributed by atoms with Gasteiger partial charge in [-0.15, -0.1) is 0 Å². The summed E-state index contributed by atoms with van der Waals surface area (Å²) in [7, 11) is 1.77. The van der Waals surface area contributed by atoms with Gasteiger partial charge in [-0.3, -0.25) is 0 Å². The summed E-state index contributed by atoms with van der Waals surface area (Å²) < 4.78 is 5.54. The van der Waals surface area contributed by atoms with E-state index in [0.29, 0.717) is 6.04 Å². The van der Waals surface area contributed by atoms with Crippen molar-refractivity contribution in [2.24, 2.45) is 0 Å². The van der Waals surface area contributed by atoms with Gasteiger partial charge in [0, 0.05) is 18.2 Å². The highest BCUT2D eigenvalue weighted by Gasteiger charge is 2.22. The standard InChI is InChI=1S/C16H26ClNO/c1-5-9-18-15(12-16(2,3)19-4)11-13-7-6-8-14(17)10-13/h6-8,10,15,18H,5,9,11-12H2,1-4H3. The molecule has 0 amide bonds. The van der Waals surface area contributed by atoms with Crippen molar-refractivity contribution >= 4 is 11.6 Å². The van der Waals surface area contributed by atoms with Crippen LogP contribution in [0.4, 0.5) is 0 Å². The predicted molar refractivity (Wildman–Crippen MR) is 82.9 cm³/mol. The first-order chi connectivity index (χ1) is 8.96. The van der Waals surface area contributed by atoms with Crippen molar-refractivity contribution in [1.29, 1.82) is 0 Å². The number of rotatable bonds is 8. The van der Waals surface area contributed by atoms with Crippen molar-refractivity contribution in [3.63, 3.8) is 0 Å². The first-order valence-electron chi connectivity index (χ1n) is 7.00. The van der Waals surface area contributed by atoms with Crippen molar-refractivity contribution in [3.05, 3.63) is 34.9 Å². The van der Waals surface area contributed by atoms with Crippen molar-refractivity contribution in [2.75, 3.05) is 13.7 Å². The lowest BCUT2D eigenvalue weighted by atomic mass is 9.94. The second-order valence-electron chi connectivity index (χ2n) is 5.65. The number of ether oxygens (including phenoxy) is 1. The number of halogens is 1. The third kappa shape index (κ3) is 6.42. The maximum atomic E-state index is 6.05. The zero-order valence-corrected chi connectivity index (χ0v) is 13.3. The Bertz CT molecular complexity index is 379. The van der Waals surface area contributed by atoms with E-state index >= 15 is 0 Å². The van der Waals surface area contributed by atoms with Crippen LogP contribution in [0.2, 0.25) is 5.02 Å². The van der Waals surface area contributed by atoms with Crippen molar-refractivity contribution < 1.29 is 4.74 Å². The van der Waals surface area contributed by atoms with E-state index in [-0.39, 0.29) is 5.60 Å². The van der Waals surface area contributed by atoms with Crippen LogP contribution in [0, 0.1) is 0 Å². The fourth-order valence-electron chi connectivity index (χ4n) is 2.19. The van der Waals surface area contributed by atoms with Gasteiger partial charge in [0.1, 0.15) is 0 Å². The molecule has 1 rings (SSSR count). The number of nitrogens with one attached hydrogen (secondary N) is 1. The van der Waals surface area contributed by atoms with Crippen LogP contribution in [0.5, 0.6) is 0 Å². The molecule has 19 heavy (non-hydrogen) atoms. The molecule has 1 atom stereocenters. The highest BCUT2D eigenvalue weighted by atomic mass is 35.5. The van der Waals surface area contributed by atoms with Gasteiger partial charge in [-0.25, -0.2) is 0 Å². The monoisotopic (exact) mass is 283 g/mol. The van der Waals surface area contributed by atoms with Crippen molar-refractivity contribution in [1.82, 2.24) is 5.32 Å². The predicted octanol–water partition coefficient (Wildman–Crippen LogP) is 4.07. The van der Waals surface area contributed by atoms with Gasteiger partial charge in [-0.05, 0) is 57.4 Å². The average Bonchev–Trinajstić information content (AvgIpc) is 2.35. The van der Waals surface area contributed by atoms with Crippen LogP contribution in [0.15, 0.2) is 24.3 Å². The second-order valence-corrected chi connectivity index (χ2v) is 6.09. The Labute approximate surface area is 122 Å². The van der Waals surface area contributed by atoms with Gasteiger partial charge in [0.15, 0.2) is 0 Å². The first-order valence-corrected chi connectivity index (χ1v) is 7.37. The van der Waals surface area contributed by atoms with Gasteiger partial charge >= 0.3 is 0 Å². The number of hydrogen-bond donors (Lipinski definition) is 1. The molecule has 2 nitrogen and oxygen atoms in total. The molecule has 0 aliphatic rings. The van der Waals surface area contributed by atoms with E-state index < -0.39 is 0 Å². The van der Waals surface area contributed by atoms with Crippen LogP contribution < -0.4 is 5.32 Å². The Balaban J connectivity index is 2.68. The van der Waals surface area contributed by atoms with Crippen molar-refractivity contribution in [3.8, 4) is 0 Å². The van der Waals surface area contributed by atoms with Crippen LogP contribution in [0.25, 0.3) is 0 Å². The first kappa shape index (κ1) is 16.5. The minimum atomic E-state index is -0.107. The van der Waals surface area contributed by atoms with Gasteiger partial charge in [0.25, 0.3) is 0 Å². The van der Waals surface area contributed by atoms with E-state index in [1.807, 2.05) is 18.2 Å². The quantitative estimate of drug-likeness (QED) is 0.777. The molecule has 0 spiro atoms. The molecular weight excluding hydrogens is 258 g/mol. The fraction of sp³-hybridized carbons (Fsp3) is 0.625. The molecule has 0 saturated carbocycles. The third-order valence-electron chi connectivity index (χ3n) is 3.34. The van der Waals surface area contributed by atoms with Crippen LogP contribution in [0.3, 0.4) is 0 Å². The number of benzene rings is 1. The molecule has 1 aromatic rings. The maximum absolute atomic E-state index is 6.05.